The molecule has 1 fully saturated rings. The van der Waals surface area contributed by atoms with Crippen LogP contribution in [0, 0.1) is 0 Å². The van der Waals surface area contributed by atoms with Gasteiger partial charge in [-0.1, -0.05) is 12.1 Å². The number of likely N-dealkylation sites (tertiary alicyclic amines) is 1. The summed E-state index contributed by atoms with van der Waals surface area (Å²) in [5, 5.41) is 3.52. The lowest BCUT2D eigenvalue weighted by Gasteiger charge is -2.27. The largest absolute Gasteiger partial charge is 0.484 e. The zero-order chi connectivity index (χ0) is 20.9. The topological polar surface area (TPSA) is 88.9 Å². The van der Waals surface area contributed by atoms with Crippen molar-refractivity contribution in [2.24, 2.45) is 0 Å². The highest BCUT2D eigenvalue weighted by Gasteiger charge is 2.21. The van der Waals surface area contributed by atoms with Gasteiger partial charge in [0, 0.05) is 30.6 Å². The smallest absolute Gasteiger partial charge is 0.336 e. The Hall–Kier alpha value is -3.61. The molecule has 0 aliphatic carbocycles. The van der Waals surface area contributed by atoms with Crippen molar-refractivity contribution >= 4 is 28.5 Å². The summed E-state index contributed by atoms with van der Waals surface area (Å²) < 4.78 is 10.7. The van der Waals surface area contributed by atoms with Crippen molar-refractivity contribution in [2.75, 3.05) is 25.0 Å². The molecule has 2 heterocycles. The number of hydrogen-bond donors (Lipinski definition) is 1. The molecule has 0 bridgehead atoms. The summed E-state index contributed by atoms with van der Waals surface area (Å²) in [5.74, 6) is -0.0516. The Kier molecular flexibility index (Phi) is 5.79. The lowest BCUT2D eigenvalue weighted by molar-refractivity contribution is -0.118. The summed E-state index contributed by atoms with van der Waals surface area (Å²) in [6.45, 7) is 1.24. The van der Waals surface area contributed by atoms with E-state index in [0.29, 0.717) is 22.6 Å². The summed E-state index contributed by atoms with van der Waals surface area (Å²) in [6, 6.07) is 15.0. The number of ether oxygens (including phenoxy) is 1. The van der Waals surface area contributed by atoms with E-state index in [-0.39, 0.29) is 18.4 Å². The molecule has 30 heavy (non-hydrogen) atoms. The van der Waals surface area contributed by atoms with Crippen molar-refractivity contribution < 1.29 is 18.7 Å². The van der Waals surface area contributed by atoms with Gasteiger partial charge in [-0.3, -0.25) is 9.59 Å². The van der Waals surface area contributed by atoms with E-state index < -0.39 is 5.63 Å². The maximum absolute atomic E-state index is 12.8. The van der Waals surface area contributed by atoms with Crippen LogP contribution in [0.1, 0.15) is 29.6 Å². The summed E-state index contributed by atoms with van der Waals surface area (Å²) in [5.41, 5.74) is 0.872. The molecule has 0 unspecified atom stereocenters. The molecule has 0 atom stereocenters. The molecule has 7 heteroatoms. The van der Waals surface area contributed by atoms with E-state index in [1.54, 1.807) is 48.5 Å². The Balaban J connectivity index is 1.42. The second-order valence-corrected chi connectivity index (χ2v) is 7.19. The van der Waals surface area contributed by atoms with E-state index in [2.05, 4.69) is 5.32 Å². The van der Waals surface area contributed by atoms with Crippen molar-refractivity contribution in [2.45, 2.75) is 19.3 Å². The minimum absolute atomic E-state index is 0.0731. The second kappa shape index (κ2) is 8.82. The van der Waals surface area contributed by atoms with Crippen LogP contribution in [0.3, 0.4) is 0 Å². The standard InChI is InChI=1S/C23H22N2O5/c26-21(15-29-17-10-8-16-9-11-22(27)30-20(16)14-17)24-19-7-3-2-6-18(19)23(28)25-12-4-1-5-13-25/h2-3,6-11,14H,1,4-5,12-13,15H2,(H,24,26). The van der Waals surface area contributed by atoms with E-state index in [0.717, 1.165) is 37.7 Å². The van der Waals surface area contributed by atoms with Gasteiger partial charge in [-0.2, -0.15) is 0 Å². The number of para-hydroxylation sites is 1. The molecule has 7 nitrogen and oxygen atoms in total. The van der Waals surface area contributed by atoms with Crippen LogP contribution in [0.15, 0.2) is 63.8 Å². The molecular weight excluding hydrogens is 384 g/mol. The van der Waals surface area contributed by atoms with Crippen LogP contribution in [-0.4, -0.2) is 36.4 Å². The molecule has 0 saturated carbocycles. The van der Waals surface area contributed by atoms with E-state index in [1.807, 2.05) is 4.90 Å². The van der Waals surface area contributed by atoms with Gasteiger partial charge < -0.3 is 19.4 Å². The summed E-state index contributed by atoms with van der Waals surface area (Å²) in [4.78, 5) is 38.5. The fourth-order valence-electron chi connectivity index (χ4n) is 3.51. The lowest BCUT2D eigenvalue weighted by Crippen LogP contribution is -2.36. The number of nitrogens with zero attached hydrogens (tertiary/aromatic N) is 1. The Morgan fingerprint density at radius 1 is 1.00 bits per heavy atom. The summed E-state index contributed by atoms with van der Waals surface area (Å²) >= 11 is 0. The van der Waals surface area contributed by atoms with Gasteiger partial charge in [0.15, 0.2) is 6.61 Å². The Bertz CT molecular complexity index is 1130. The fraction of sp³-hybridized carbons (Fsp3) is 0.261. The third-order valence-corrected chi connectivity index (χ3v) is 5.04. The molecule has 0 radical (unpaired) electrons. The zero-order valence-corrected chi connectivity index (χ0v) is 16.4. The number of fused-ring (bicyclic) bond motifs is 1. The molecule has 0 spiro atoms. The van der Waals surface area contributed by atoms with Crippen molar-refractivity contribution in [3.8, 4) is 5.75 Å². The average Bonchev–Trinajstić information content (AvgIpc) is 2.78. The van der Waals surface area contributed by atoms with E-state index in [9.17, 15) is 14.4 Å². The van der Waals surface area contributed by atoms with Gasteiger partial charge in [0.25, 0.3) is 11.8 Å². The number of nitrogens with one attached hydrogen (secondary N) is 1. The summed E-state index contributed by atoms with van der Waals surface area (Å²) in [7, 11) is 0. The Labute approximate surface area is 173 Å². The van der Waals surface area contributed by atoms with Crippen LogP contribution < -0.4 is 15.7 Å². The molecule has 1 aliphatic rings. The maximum atomic E-state index is 12.8. The maximum Gasteiger partial charge on any atom is 0.336 e. The van der Waals surface area contributed by atoms with Gasteiger partial charge in [-0.25, -0.2) is 4.79 Å². The van der Waals surface area contributed by atoms with Crippen molar-refractivity contribution in [3.63, 3.8) is 0 Å². The number of rotatable bonds is 5. The molecule has 1 N–H and O–H groups in total. The molecule has 2 aromatic carbocycles. The molecule has 1 aliphatic heterocycles. The third kappa shape index (κ3) is 4.51. The molecule has 1 saturated heterocycles. The highest BCUT2D eigenvalue weighted by atomic mass is 16.5. The normalized spacial score (nSPS) is 13.8. The minimum Gasteiger partial charge on any atom is -0.484 e. The second-order valence-electron chi connectivity index (χ2n) is 7.19. The lowest BCUT2D eigenvalue weighted by atomic mass is 10.1. The van der Waals surface area contributed by atoms with Gasteiger partial charge >= 0.3 is 5.63 Å². The number of amides is 2. The fourth-order valence-corrected chi connectivity index (χ4v) is 3.51. The van der Waals surface area contributed by atoms with Crippen LogP contribution in [0.2, 0.25) is 0 Å². The van der Waals surface area contributed by atoms with E-state index in [4.69, 9.17) is 9.15 Å². The molecule has 2 amide bonds. The van der Waals surface area contributed by atoms with Crippen LogP contribution in [-0.2, 0) is 4.79 Å². The summed E-state index contributed by atoms with van der Waals surface area (Å²) in [6.07, 6.45) is 3.14. The molecule has 154 valence electrons. The predicted octanol–water partition coefficient (Wildman–Crippen LogP) is 3.44. The Morgan fingerprint density at radius 3 is 2.60 bits per heavy atom. The first kappa shape index (κ1) is 19.7. The number of hydrogen-bond acceptors (Lipinski definition) is 5. The highest BCUT2D eigenvalue weighted by molar-refractivity contribution is 6.04. The molecule has 1 aromatic heterocycles. The first-order chi connectivity index (χ1) is 14.6. The zero-order valence-electron chi connectivity index (χ0n) is 16.4. The van der Waals surface area contributed by atoms with Crippen LogP contribution in [0.4, 0.5) is 5.69 Å². The molecule has 4 rings (SSSR count). The number of carbonyl (C=O) groups is 2. The van der Waals surface area contributed by atoms with Crippen molar-refractivity contribution in [1.82, 2.24) is 4.90 Å². The van der Waals surface area contributed by atoms with E-state index in [1.165, 1.54) is 6.07 Å². The first-order valence-electron chi connectivity index (χ1n) is 9.95. The number of benzene rings is 2. The van der Waals surface area contributed by atoms with Gasteiger partial charge in [0.1, 0.15) is 11.3 Å². The van der Waals surface area contributed by atoms with E-state index >= 15 is 0 Å². The van der Waals surface area contributed by atoms with Crippen LogP contribution >= 0.6 is 0 Å². The molecular formula is C23H22N2O5. The minimum atomic E-state index is -0.452. The number of anilines is 1. The third-order valence-electron chi connectivity index (χ3n) is 5.04. The van der Waals surface area contributed by atoms with Gasteiger partial charge in [0.05, 0.1) is 11.3 Å². The quantitative estimate of drug-likeness (QED) is 0.656. The number of piperidine rings is 1. The van der Waals surface area contributed by atoms with Crippen LogP contribution in [0.25, 0.3) is 11.0 Å². The van der Waals surface area contributed by atoms with Crippen molar-refractivity contribution in [1.29, 1.82) is 0 Å². The highest BCUT2D eigenvalue weighted by Crippen LogP contribution is 2.21. The van der Waals surface area contributed by atoms with Gasteiger partial charge in [-0.05, 0) is 49.6 Å². The van der Waals surface area contributed by atoms with Crippen molar-refractivity contribution in [3.05, 3.63) is 70.6 Å². The average molecular weight is 406 g/mol. The molecule has 3 aromatic rings. The number of carbonyl (C=O) groups excluding carboxylic acids is 2. The first-order valence-corrected chi connectivity index (χ1v) is 9.95. The SMILES string of the molecule is O=C(COc1ccc2ccc(=O)oc2c1)Nc1ccccc1C(=O)N1CCCCC1. The van der Waals surface area contributed by atoms with Crippen LogP contribution in [0.5, 0.6) is 5.75 Å². The van der Waals surface area contributed by atoms with Gasteiger partial charge in [-0.15, -0.1) is 0 Å². The monoisotopic (exact) mass is 406 g/mol. The Morgan fingerprint density at radius 2 is 1.77 bits per heavy atom. The van der Waals surface area contributed by atoms with Gasteiger partial charge in [0.2, 0.25) is 0 Å². The predicted molar refractivity (Wildman–Crippen MR) is 113 cm³/mol.